The molecule has 2 aromatic rings. The van der Waals surface area contributed by atoms with Gasteiger partial charge in [-0.1, -0.05) is 12.1 Å². The maximum Gasteiger partial charge on any atom is 0.245 e. The number of para-hydroxylation sites is 1. The van der Waals surface area contributed by atoms with Crippen molar-refractivity contribution in [3.05, 3.63) is 54.1 Å². The summed E-state index contributed by atoms with van der Waals surface area (Å²) in [5.41, 5.74) is -0.447. The number of hydrogen-bond acceptors (Lipinski definition) is 4. The Morgan fingerprint density at radius 1 is 1.16 bits per heavy atom. The largest absolute Gasteiger partial charge is 0.497 e. The first-order chi connectivity index (χ1) is 11.7. The minimum Gasteiger partial charge on any atom is -0.497 e. The van der Waals surface area contributed by atoms with E-state index in [0.717, 1.165) is 24.5 Å². The molecule has 0 aliphatic heterocycles. The summed E-state index contributed by atoms with van der Waals surface area (Å²) < 4.78 is 57.1. The molecule has 0 atom stereocenters. The molecule has 2 aromatic carbocycles. The number of sulfonamides is 1. The molecule has 0 radical (unpaired) electrons. The first-order valence-electron chi connectivity index (χ1n) is 7.08. The van der Waals surface area contributed by atoms with Crippen molar-refractivity contribution in [3.63, 3.8) is 0 Å². The fraction of sp³-hybridized carbons (Fsp3) is 0.188. The van der Waals surface area contributed by atoms with E-state index in [-0.39, 0.29) is 0 Å². The number of methoxy groups -OCH3 is 1. The average Bonchev–Trinajstić information content (AvgIpc) is 2.53. The van der Waals surface area contributed by atoms with Gasteiger partial charge in [0.15, 0.2) is 11.6 Å². The van der Waals surface area contributed by atoms with Crippen LogP contribution < -0.4 is 14.4 Å². The Labute approximate surface area is 144 Å². The van der Waals surface area contributed by atoms with Crippen molar-refractivity contribution in [1.82, 2.24) is 0 Å². The van der Waals surface area contributed by atoms with E-state index in [4.69, 9.17) is 4.74 Å². The molecule has 0 bridgehead atoms. The van der Waals surface area contributed by atoms with Crippen molar-refractivity contribution in [2.24, 2.45) is 0 Å². The maximum atomic E-state index is 13.9. The first kappa shape index (κ1) is 18.7. The molecule has 0 fully saturated rings. The van der Waals surface area contributed by atoms with Crippen molar-refractivity contribution >= 4 is 27.3 Å². The highest BCUT2D eigenvalue weighted by Crippen LogP contribution is 2.25. The van der Waals surface area contributed by atoms with Gasteiger partial charge < -0.3 is 10.1 Å². The summed E-state index contributed by atoms with van der Waals surface area (Å²) in [6.45, 7) is -0.784. The van der Waals surface area contributed by atoms with Crippen LogP contribution in [0.25, 0.3) is 0 Å². The van der Waals surface area contributed by atoms with E-state index < -0.39 is 39.8 Å². The zero-order valence-electron chi connectivity index (χ0n) is 13.5. The van der Waals surface area contributed by atoms with Crippen LogP contribution in [0.1, 0.15) is 0 Å². The number of carbonyl (C=O) groups excluding carboxylic acids is 1. The lowest BCUT2D eigenvalue weighted by Crippen LogP contribution is -2.38. The molecule has 0 unspecified atom stereocenters. The van der Waals surface area contributed by atoms with Crippen molar-refractivity contribution in [1.29, 1.82) is 0 Å². The fourth-order valence-corrected chi connectivity index (χ4v) is 2.98. The van der Waals surface area contributed by atoms with Gasteiger partial charge in [-0.3, -0.25) is 9.10 Å². The van der Waals surface area contributed by atoms with Gasteiger partial charge in [-0.05, 0) is 24.3 Å². The lowest BCUT2D eigenvalue weighted by molar-refractivity contribution is -0.114. The Kier molecular flexibility index (Phi) is 5.58. The SMILES string of the molecule is COc1cccc(NC(=O)CN(c2c(F)cccc2F)S(C)(=O)=O)c1. The van der Waals surface area contributed by atoms with E-state index in [2.05, 4.69) is 5.32 Å². The molecular formula is C16H16F2N2O4S. The van der Waals surface area contributed by atoms with E-state index in [0.29, 0.717) is 15.7 Å². The Hall–Kier alpha value is -2.68. The molecule has 0 aliphatic carbocycles. The molecule has 9 heteroatoms. The number of benzene rings is 2. The van der Waals surface area contributed by atoms with Crippen LogP contribution in [-0.2, 0) is 14.8 Å². The molecule has 0 aromatic heterocycles. The molecule has 0 spiro atoms. The molecule has 6 nitrogen and oxygen atoms in total. The predicted molar refractivity (Wildman–Crippen MR) is 90.2 cm³/mol. The third kappa shape index (κ3) is 4.66. The smallest absolute Gasteiger partial charge is 0.245 e. The van der Waals surface area contributed by atoms with Gasteiger partial charge in [0.2, 0.25) is 15.9 Å². The molecule has 0 heterocycles. The number of halogens is 2. The third-order valence-electron chi connectivity index (χ3n) is 3.23. The molecule has 134 valence electrons. The second-order valence-corrected chi connectivity index (χ2v) is 7.03. The summed E-state index contributed by atoms with van der Waals surface area (Å²) >= 11 is 0. The number of carbonyl (C=O) groups is 1. The Bertz CT molecular complexity index is 867. The van der Waals surface area contributed by atoms with Crippen LogP contribution in [0.15, 0.2) is 42.5 Å². The monoisotopic (exact) mass is 370 g/mol. The Morgan fingerprint density at radius 3 is 2.32 bits per heavy atom. The van der Waals surface area contributed by atoms with Crippen LogP contribution in [-0.4, -0.2) is 34.2 Å². The zero-order chi connectivity index (χ0) is 18.6. The summed E-state index contributed by atoms with van der Waals surface area (Å²) in [5, 5.41) is 2.46. The number of hydrogen-bond donors (Lipinski definition) is 1. The summed E-state index contributed by atoms with van der Waals surface area (Å²) in [6.07, 6.45) is 0.762. The maximum absolute atomic E-state index is 13.9. The summed E-state index contributed by atoms with van der Waals surface area (Å²) in [6, 6.07) is 9.30. The van der Waals surface area contributed by atoms with Crippen LogP contribution in [0.5, 0.6) is 5.75 Å². The van der Waals surface area contributed by atoms with E-state index in [1.807, 2.05) is 0 Å². The van der Waals surface area contributed by atoms with Crippen molar-refractivity contribution < 1.29 is 26.7 Å². The second kappa shape index (κ2) is 7.47. The molecule has 2 rings (SSSR count). The van der Waals surface area contributed by atoms with Gasteiger partial charge in [0.1, 0.15) is 18.0 Å². The standard InChI is InChI=1S/C16H16F2N2O4S/c1-24-12-6-3-5-11(9-12)19-15(21)10-20(25(2,22)23)16-13(17)7-4-8-14(16)18/h3-9H,10H2,1-2H3,(H,19,21). The van der Waals surface area contributed by atoms with Gasteiger partial charge in [-0.15, -0.1) is 0 Å². The second-order valence-electron chi connectivity index (χ2n) is 5.12. The van der Waals surface area contributed by atoms with Crippen molar-refractivity contribution in [2.75, 3.05) is 29.5 Å². The molecule has 25 heavy (non-hydrogen) atoms. The third-order valence-corrected chi connectivity index (χ3v) is 4.34. The van der Waals surface area contributed by atoms with Crippen molar-refractivity contribution in [2.45, 2.75) is 0 Å². The van der Waals surface area contributed by atoms with Crippen molar-refractivity contribution in [3.8, 4) is 5.75 Å². The van der Waals surface area contributed by atoms with Crippen LogP contribution in [0.3, 0.4) is 0 Å². The number of ether oxygens (including phenoxy) is 1. The van der Waals surface area contributed by atoms with Gasteiger partial charge in [0.05, 0.1) is 13.4 Å². The molecule has 1 amide bonds. The number of rotatable bonds is 6. The first-order valence-corrected chi connectivity index (χ1v) is 8.93. The van der Waals surface area contributed by atoms with E-state index >= 15 is 0 Å². The highest BCUT2D eigenvalue weighted by Gasteiger charge is 2.26. The van der Waals surface area contributed by atoms with Gasteiger partial charge in [0, 0.05) is 11.8 Å². The van der Waals surface area contributed by atoms with Crippen LogP contribution >= 0.6 is 0 Å². The summed E-state index contributed by atoms with van der Waals surface area (Å²) in [7, 11) is -2.64. The Balaban J connectivity index is 2.27. The zero-order valence-corrected chi connectivity index (χ0v) is 14.3. The van der Waals surface area contributed by atoms with Gasteiger partial charge >= 0.3 is 0 Å². The molecule has 0 aliphatic rings. The van der Waals surface area contributed by atoms with Crippen LogP contribution in [0.4, 0.5) is 20.2 Å². The number of nitrogens with one attached hydrogen (secondary N) is 1. The number of amides is 1. The molecular weight excluding hydrogens is 354 g/mol. The van der Waals surface area contributed by atoms with Gasteiger partial charge in [-0.2, -0.15) is 0 Å². The summed E-state index contributed by atoms with van der Waals surface area (Å²) in [5.74, 6) is -2.45. The quantitative estimate of drug-likeness (QED) is 0.847. The summed E-state index contributed by atoms with van der Waals surface area (Å²) in [4.78, 5) is 12.2. The fourth-order valence-electron chi connectivity index (χ4n) is 2.12. The highest BCUT2D eigenvalue weighted by atomic mass is 32.2. The van der Waals surface area contributed by atoms with E-state index in [9.17, 15) is 22.0 Å². The number of anilines is 2. The van der Waals surface area contributed by atoms with Gasteiger partial charge in [0.25, 0.3) is 0 Å². The normalized spacial score (nSPS) is 11.0. The predicted octanol–water partition coefficient (Wildman–Crippen LogP) is 2.38. The lowest BCUT2D eigenvalue weighted by Gasteiger charge is -2.22. The van der Waals surface area contributed by atoms with Crippen LogP contribution in [0, 0.1) is 11.6 Å². The Morgan fingerprint density at radius 2 is 1.76 bits per heavy atom. The highest BCUT2D eigenvalue weighted by molar-refractivity contribution is 7.92. The lowest BCUT2D eigenvalue weighted by atomic mass is 10.3. The van der Waals surface area contributed by atoms with Gasteiger partial charge in [-0.25, -0.2) is 17.2 Å². The molecule has 1 N–H and O–H groups in total. The topological polar surface area (TPSA) is 75.7 Å². The van der Waals surface area contributed by atoms with Crippen LogP contribution in [0.2, 0.25) is 0 Å². The van der Waals surface area contributed by atoms with E-state index in [1.54, 1.807) is 18.2 Å². The number of nitrogens with zero attached hydrogens (tertiary/aromatic N) is 1. The average molecular weight is 370 g/mol. The minimum atomic E-state index is -4.10. The minimum absolute atomic E-state index is 0.354. The molecule has 0 saturated carbocycles. The van der Waals surface area contributed by atoms with E-state index in [1.165, 1.54) is 13.2 Å². The molecule has 0 saturated heterocycles.